The number of anilines is 2. The van der Waals surface area contributed by atoms with Crippen molar-refractivity contribution in [2.75, 3.05) is 30.5 Å². The Balaban J connectivity index is 1.47. The summed E-state index contributed by atoms with van der Waals surface area (Å²) in [5.74, 6) is 1.12. The van der Waals surface area contributed by atoms with Gasteiger partial charge in [0.15, 0.2) is 22.4 Å². The van der Waals surface area contributed by atoms with Gasteiger partial charge in [-0.2, -0.15) is 0 Å². The number of thioether (sulfide) groups is 1. The minimum absolute atomic E-state index is 0.172. The molecule has 1 aliphatic heterocycles. The maximum atomic E-state index is 13.1. The van der Waals surface area contributed by atoms with E-state index in [0.29, 0.717) is 44.5 Å². The van der Waals surface area contributed by atoms with Gasteiger partial charge < -0.3 is 19.5 Å². The van der Waals surface area contributed by atoms with E-state index < -0.39 is 0 Å². The van der Waals surface area contributed by atoms with Gasteiger partial charge in [-0.25, -0.2) is 0 Å². The van der Waals surface area contributed by atoms with Gasteiger partial charge in [-0.15, -0.1) is 0 Å². The molecule has 3 aromatic rings. The van der Waals surface area contributed by atoms with Crippen molar-refractivity contribution in [3.05, 3.63) is 83.3 Å². The first-order chi connectivity index (χ1) is 17.5. The first-order valence-corrected chi connectivity index (χ1v) is 12.4. The number of amides is 2. The predicted octanol–water partition coefficient (Wildman–Crippen LogP) is 5.52. The first kappa shape index (κ1) is 25.3. The van der Waals surface area contributed by atoms with Crippen LogP contribution in [0.3, 0.4) is 0 Å². The molecule has 0 atom stereocenters. The SMILES string of the molecule is CCOc1cc(/C=C2\SC(=S)N(c3ccc(OC)cc3)C2=O)ccc1OCC(=O)Nc1ccccc1. The van der Waals surface area contributed by atoms with Crippen molar-refractivity contribution in [2.45, 2.75) is 6.92 Å². The standard InChI is InChI=1S/C27H24N2O5S2/c1-3-33-23-15-18(9-14-22(23)34-17-25(30)28-19-7-5-4-6-8-19)16-24-26(31)29(27(35)36-24)20-10-12-21(32-2)13-11-20/h4-16H,3,17H2,1-2H3,(H,28,30)/b24-16-. The molecule has 0 unspecified atom stereocenters. The quantitative estimate of drug-likeness (QED) is 0.294. The summed E-state index contributed by atoms with van der Waals surface area (Å²) >= 11 is 6.69. The van der Waals surface area contributed by atoms with E-state index in [0.717, 1.165) is 5.56 Å². The van der Waals surface area contributed by atoms with Gasteiger partial charge in [0.25, 0.3) is 11.8 Å². The Hall–Kier alpha value is -3.82. The molecule has 0 spiro atoms. The van der Waals surface area contributed by atoms with Crippen LogP contribution in [0.5, 0.6) is 17.2 Å². The van der Waals surface area contributed by atoms with Crippen molar-refractivity contribution in [3.63, 3.8) is 0 Å². The zero-order valence-corrected chi connectivity index (χ0v) is 21.4. The van der Waals surface area contributed by atoms with Crippen LogP contribution in [0.4, 0.5) is 11.4 Å². The first-order valence-electron chi connectivity index (χ1n) is 11.1. The highest BCUT2D eigenvalue weighted by Gasteiger charge is 2.33. The highest BCUT2D eigenvalue weighted by Crippen LogP contribution is 2.37. The molecule has 0 aromatic heterocycles. The summed E-state index contributed by atoms with van der Waals surface area (Å²) in [5.41, 5.74) is 2.11. The Bertz CT molecular complexity index is 1290. The molecule has 0 aliphatic carbocycles. The lowest BCUT2D eigenvalue weighted by atomic mass is 10.1. The number of hydrogen-bond acceptors (Lipinski definition) is 7. The van der Waals surface area contributed by atoms with Crippen molar-refractivity contribution in [1.29, 1.82) is 0 Å². The molecule has 2 amide bonds. The van der Waals surface area contributed by atoms with Crippen LogP contribution >= 0.6 is 24.0 Å². The van der Waals surface area contributed by atoms with E-state index in [1.54, 1.807) is 67.8 Å². The van der Waals surface area contributed by atoms with Crippen LogP contribution in [0.25, 0.3) is 6.08 Å². The molecule has 1 heterocycles. The van der Waals surface area contributed by atoms with Gasteiger partial charge >= 0.3 is 0 Å². The minimum Gasteiger partial charge on any atom is -0.497 e. The molecule has 4 rings (SSSR count). The van der Waals surface area contributed by atoms with E-state index in [9.17, 15) is 9.59 Å². The van der Waals surface area contributed by atoms with E-state index in [4.69, 9.17) is 26.4 Å². The normalized spacial score (nSPS) is 14.2. The minimum atomic E-state index is -0.282. The molecule has 36 heavy (non-hydrogen) atoms. The van der Waals surface area contributed by atoms with E-state index in [1.165, 1.54) is 16.7 Å². The van der Waals surface area contributed by atoms with Gasteiger partial charge in [-0.05, 0) is 67.1 Å². The second kappa shape index (κ2) is 11.7. The van der Waals surface area contributed by atoms with Crippen LogP contribution in [0.1, 0.15) is 12.5 Å². The Morgan fingerprint density at radius 3 is 2.47 bits per heavy atom. The summed E-state index contributed by atoms with van der Waals surface area (Å²) in [6.07, 6.45) is 1.76. The molecular weight excluding hydrogens is 496 g/mol. The Morgan fingerprint density at radius 2 is 1.78 bits per heavy atom. The average Bonchev–Trinajstić information content (AvgIpc) is 3.16. The summed E-state index contributed by atoms with van der Waals surface area (Å²) < 4.78 is 17.1. The molecule has 0 saturated carbocycles. The van der Waals surface area contributed by atoms with Gasteiger partial charge in [-0.1, -0.05) is 48.2 Å². The molecule has 1 aliphatic rings. The number of carbonyl (C=O) groups excluding carboxylic acids is 2. The number of nitrogens with zero attached hydrogens (tertiary/aromatic N) is 1. The monoisotopic (exact) mass is 520 g/mol. The van der Waals surface area contributed by atoms with Crippen LogP contribution < -0.4 is 24.4 Å². The Kier molecular flexibility index (Phi) is 8.24. The van der Waals surface area contributed by atoms with Crippen LogP contribution in [-0.4, -0.2) is 36.5 Å². The smallest absolute Gasteiger partial charge is 0.270 e. The number of benzene rings is 3. The predicted molar refractivity (Wildman–Crippen MR) is 147 cm³/mol. The van der Waals surface area contributed by atoms with E-state index in [2.05, 4.69) is 5.32 Å². The maximum absolute atomic E-state index is 13.1. The fraction of sp³-hybridized carbons (Fsp3) is 0.148. The molecule has 0 radical (unpaired) electrons. The number of para-hydroxylation sites is 1. The van der Waals surface area contributed by atoms with E-state index >= 15 is 0 Å². The summed E-state index contributed by atoms with van der Waals surface area (Å²) in [6.45, 7) is 2.10. The number of hydrogen-bond donors (Lipinski definition) is 1. The zero-order chi connectivity index (χ0) is 25.5. The highest BCUT2D eigenvalue weighted by atomic mass is 32.2. The number of methoxy groups -OCH3 is 1. The second-order valence-corrected chi connectivity index (χ2v) is 9.23. The number of nitrogens with one attached hydrogen (secondary N) is 1. The summed E-state index contributed by atoms with van der Waals surface area (Å²) in [4.78, 5) is 27.3. The van der Waals surface area contributed by atoms with Crippen LogP contribution in [0, 0.1) is 0 Å². The molecule has 184 valence electrons. The van der Waals surface area contributed by atoms with Crippen molar-refractivity contribution < 1.29 is 23.8 Å². The largest absolute Gasteiger partial charge is 0.497 e. The molecule has 9 heteroatoms. The third-order valence-corrected chi connectivity index (χ3v) is 6.41. The van der Waals surface area contributed by atoms with Crippen molar-refractivity contribution in [2.24, 2.45) is 0 Å². The average molecular weight is 521 g/mol. The van der Waals surface area contributed by atoms with Crippen LogP contribution in [0.15, 0.2) is 77.7 Å². The fourth-order valence-corrected chi connectivity index (χ4v) is 4.74. The molecule has 1 fully saturated rings. The van der Waals surface area contributed by atoms with E-state index in [-0.39, 0.29) is 18.4 Å². The van der Waals surface area contributed by atoms with Gasteiger partial charge in [-0.3, -0.25) is 14.5 Å². The molecular formula is C27H24N2O5S2. The third kappa shape index (κ3) is 6.05. The lowest BCUT2D eigenvalue weighted by Gasteiger charge is -2.14. The highest BCUT2D eigenvalue weighted by molar-refractivity contribution is 8.27. The van der Waals surface area contributed by atoms with Gasteiger partial charge in [0.1, 0.15) is 5.75 Å². The lowest BCUT2D eigenvalue weighted by Crippen LogP contribution is -2.27. The fourth-order valence-electron chi connectivity index (χ4n) is 3.44. The van der Waals surface area contributed by atoms with Gasteiger partial charge in [0.2, 0.25) is 0 Å². The van der Waals surface area contributed by atoms with E-state index in [1.807, 2.05) is 25.1 Å². The zero-order valence-electron chi connectivity index (χ0n) is 19.7. The molecule has 1 saturated heterocycles. The molecule has 0 bridgehead atoms. The summed E-state index contributed by atoms with van der Waals surface area (Å²) in [5, 5.41) is 2.78. The maximum Gasteiger partial charge on any atom is 0.270 e. The molecule has 7 nitrogen and oxygen atoms in total. The second-order valence-electron chi connectivity index (χ2n) is 7.56. The number of rotatable bonds is 9. The van der Waals surface area contributed by atoms with Crippen LogP contribution in [0.2, 0.25) is 0 Å². The van der Waals surface area contributed by atoms with Gasteiger partial charge in [0.05, 0.1) is 24.3 Å². The number of thiocarbonyl (C=S) groups is 1. The topological polar surface area (TPSA) is 77.1 Å². The summed E-state index contributed by atoms with van der Waals surface area (Å²) in [6, 6.07) is 21.6. The number of ether oxygens (including phenoxy) is 3. The number of carbonyl (C=O) groups is 2. The third-order valence-electron chi connectivity index (χ3n) is 5.11. The molecule has 1 N–H and O–H groups in total. The lowest BCUT2D eigenvalue weighted by molar-refractivity contribution is -0.118. The van der Waals surface area contributed by atoms with Crippen molar-refractivity contribution >= 4 is 57.6 Å². The van der Waals surface area contributed by atoms with Crippen molar-refractivity contribution in [3.8, 4) is 17.2 Å². The van der Waals surface area contributed by atoms with Gasteiger partial charge in [0, 0.05) is 5.69 Å². The Morgan fingerprint density at radius 1 is 1.03 bits per heavy atom. The summed E-state index contributed by atoms with van der Waals surface area (Å²) in [7, 11) is 1.59. The Labute approximate surface area is 219 Å². The molecule has 3 aromatic carbocycles. The van der Waals surface area contributed by atoms with Crippen LogP contribution in [-0.2, 0) is 9.59 Å². The van der Waals surface area contributed by atoms with Crippen molar-refractivity contribution in [1.82, 2.24) is 0 Å².